The molecule has 0 bridgehead atoms. The van der Waals surface area contributed by atoms with E-state index in [2.05, 4.69) is 10.3 Å². The number of alkyl halides is 3. The summed E-state index contributed by atoms with van der Waals surface area (Å²) in [6, 6.07) is 0. The summed E-state index contributed by atoms with van der Waals surface area (Å²) in [5.41, 5.74) is 0.788. The van der Waals surface area contributed by atoms with Gasteiger partial charge in [-0.1, -0.05) is 0 Å². The number of hydrogen-bond donors (Lipinski definition) is 1. The predicted octanol–water partition coefficient (Wildman–Crippen LogP) is 2.11. The van der Waals surface area contributed by atoms with Crippen molar-refractivity contribution in [1.29, 1.82) is 0 Å². The molecule has 1 saturated heterocycles. The number of aromatic nitrogens is 1. The molecule has 1 fully saturated rings. The zero-order valence-electron chi connectivity index (χ0n) is 11.5. The van der Waals surface area contributed by atoms with Crippen LogP contribution in [0.3, 0.4) is 0 Å². The number of anilines is 1. The molecule has 0 spiro atoms. The Kier molecular flexibility index (Phi) is 4.22. The van der Waals surface area contributed by atoms with Gasteiger partial charge in [0.2, 0.25) is 11.8 Å². The highest BCUT2D eigenvalue weighted by molar-refractivity contribution is 7.15. The SMILES string of the molecule is Cc1nc(NC(=O)[C@H]2CC(=O)N(CC(F)(F)F)C2)sc1C. The van der Waals surface area contributed by atoms with E-state index in [1.807, 2.05) is 6.92 Å². The molecule has 1 aromatic rings. The molecular formula is C12H14F3N3O2S. The molecule has 0 unspecified atom stereocenters. The lowest BCUT2D eigenvalue weighted by Crippen LogP contribution is -2.36. The first-order valence-corrected chi connectivity index (χ1v) is 7.07. The van der Waals surface area contributed by atoms with Crippen molar-refractivity contribution < 1.29 is 22.8 Å². The molecule has 1 atom stereocenters. The third-order valence-corrected chi connectivity index (χ3v) is 4.20. The van der Waals surface area contributed by atoms with Crippen LogP contribution in [0, 0.1) is 19.8 Å². The van der Waals surface area contributed by atoms with Crippen LogP contribution in [0.4, 0.5) is 18.3 Å². The van der Waals surface area contributed by atoms with Gasteiger partial charge in [-0.15, -0.1) is 11.3 Å². The van der Waals surface area contributed by atoms with Gasteiger partial charge < -0.3 is 10.2 Å². The molecule has 0 aromatic carbocycles. The van der Waals surface area contributed by atoms with Crippen molar-refractivity contribution in [3.05, 3.63) is 10.6 Å². The summed E-state index contributed by atoms with van der Waals surface area (Å²) in [6.07, 6.45) is -4.66. The Balaban J connectivity index is 1.97. The van der Waals surface area contributed by atoms with E-state index in [0.717, 1.165) is 10.6 Å². The van der Waals surface area contributed by atoms with Crippen molar-refractivity contribution in [2.75, 3.05) is 18.4 Å². The van der Waals surface area contributed by atoms with Gasteiger partial charge in [0.25, 0.3) is 0 Å². The van der Waals surface area contributed by atoms with Gasteiger partial charge in [-0.3, -0.25) is 9.59 Å². The lowest BCUT2D eigenvalue weighted by atomic mass is 10.1. The summed E-state index contributed by atoms with van der Waals surface area (Å²) >= 11 is 1.29. The van der Waals surface area contributed by atoms with Gasteiger partial charge >= 0.3 is 6.18 Å². The molecular weight excluding hydrogens is 307 g/mol. The maximum absolute atomic E-state index is 12.3. The van der Waals surface area contributed by atoms with Crippen LogP contribution in [0.25, 0.3) is 0 Å². The Bertz CT molecular complexity index is 551. The summed E-state index contributed by atoms with van der Waals surface area (Å²) in [6.45, 7) is 2.12. The molecule has 2 amide bonds. The van der Waals surface area contributed by atoms with Gasteiger partial charge in [0, 0.05) is 17.8 Å². The largest absolute Gasteiger partial charge is 0.406 e. The first kappa shape index (κ1) is 15.7. The Morgan fingerprint density at radius 2 is 2.14 bits per heavy atom. The number of nitrogens with zero attached hydrogens (tertiary/aromatic N) is 2. The van der Waals surface area contributed by atoms with Crippen molar-refractivity contribution in [3.63, 3.8) is 0 Å². The highest BCUT2D eigenvalue weighted by Gasteiger charge is 2.40. The van der Waals surface area contributed by atoms with Crippen LogP contribution in [-0.4, -0.2) is 41.0 Å². The van der Waals surface area contributed by atoms with Crippen LogP contribution >= 0.6 is 11.3 Å². The number of amides is 2. The van der Waals surface area contributed by atoms with Crippen LogP contribution in [0.2, 0.25) is 0 Å². The summed E-state index contributed by atoms with van der Waals surface area (Å²) in [5, 5.41) is 2.96. The average Bonchev–Trinajstić information content (AvgIpc) is 2.82. The second-order valence-electron chi connectivity index (χ2n) is 4.94. The van der Waals surface area contributed by atoms with Gasteiger partial charge in [-0.2, -0.15) is 13.2 Å². The molecule has 0 radical (unpaired) electrons. The zero-order chi connectivity index (χ0) is 15.8. The van der Waals surface area contributed by atoms with Gasteiger partial charge in [-0.05, 0) is 13.8 Å². The average molecular weight is 321 g/mol. The second kappa shape index (κ2) is 5.63. The highest BCUT2D eigenvalue weighted by atomic mass is 32.1. The number of halogens is 3. The van der Waals surface area contributed by atoms with Gasteiger partial charge in [-0.25, -0.2) is 4.98 Å². The van der Waals surface area contributed by atoms with Gasteiger partial charge in [0.05, 0.1) is 11.6 Å². The van der Waals surface area contributed by atoms with Crippen LogP contribution < -0.4 is 5.32 Å². The van der Waals surface area contributed by atoms with Crippen molar-refractivity contribution in [2.24, 2.45) is 5.92 Å². The normalized spacial score (nSPS) is 19.2. The number of aryl methyl sites for hydroxylation is 2. The highest BCUT2D eigenvalue weighted by Crippen LogP contribution is 2.26. The topological polar surface area (TPSA) is 62.3 Å². The summed E-state index contributed by atoms with van der Waals surface area (Å²) in [4.78, 5) is 29.2. The molecule has 21 heavy (non-hydrogen) atoms. The zero-order valence-corrected chi connectivity index (χ0v) is 12.3. The van der Waals surface area contributed by atoms with E-state index in [1.54, 1.807) is 6.92 Å². The van der Waals surface area contributed by atoms with Gasteiger partial charge in [0.15, 0.2) is 5.13 Å². The Hall–Kier alpha value is -1.64. The minimum absolute atomic E-state index is 0.203. The van der Waals surface area contributed by atoms with Crippen LogP contribution in [-0.2, 0) is 9.59 Å². The fourth-order valence-electron chi connectivity index (χ4n) is 2.05. The number of rotatable bonds is 3. The molecule has 0 aliphatic carbocycles. The molecule has 1 aliphatic heterocycles. The van der Waals surface area contributed by atoms with E-state index < -0.39 is 30.5 Å². The Morgan fingerprint density at radius 3 is 2.67 bits per heavy atom. The first-order valence-electron chi connectivity index (χ1n) is 6.25. The number of thiazole rings is 1. The lowest BCUT2D eigenvalue weighted by Gasteiger charge is -2.18. The molecule has 2 rings (SSSR count). The maximum atomic E-state index is 12.3. The fraction of sp³-hybridized carbons (Fsp3) is 0.583. The van der Waals surface area contributed by atoms with Crippen LogP contribution in [0.15, 0.2) is 0 Å². The number of hydrogen-bond acceptors (Lipinski definition) is 4. The van der Waals surface area contributed by atoms with E-state index in [1.165, 1.54) is 11.3 Å². The van der Waals surface area contributed by atoms with Crippen LogP contribution in [0.1, 0.15) is 17.0 Å². The van der Waals surface area contributed by atoms with E-state index in [-0.39, 0.29) is 13.0 Å². The molecule has 1 aromatic heterocycles. The molecule has 1 N–H and O–H groups in total. The second-order valence-corrected chi connectivity index (χ2v) is 6.14. The number of likely N-dealkylation sites (tertiary alicyclic amines) is 1. The van der Waals surface area contributed by atoms with E-state index in [0.29, 0.717) is 10.0 Å². The van der Waals surface area contributed by atoms with Gasteiger partial charge in [0.1, 0.15) is 6.54 Å². The van der Waals surface area contributed by atoms with Crippen molar-refractivity contribution in [3.8, 4) is 0 Å². The maximum Gasteiger partial charge on any atom is 0.406 e. The third kappa shape index (κ3) is 3.93. The summed E-state index contributed by atoms with van der Waals surface area (Å²) < 4.78 is 36.9. The molecule has 0 saturated carbocycles. The number of carbonyl (C=O) groups excluding carboxylic acids is 2. The summed E-state index contributed by atoms with van der Waals surface area (Å²) in [7, 11) is 0. The monoisotopic (exact) mass is 321 g/mol. The lowest BCUT2D eigenvalue weighted by molar-refractivity contribution is -0.157. The van der Waals surface area contributed by atoms with E-state index in [4.69, 9.17) is 0 Å². The number of carbonyl (C=O) groups is 2. The molecule has 2 heterocycles. The van der Waals surface area contributed by atoms with Crippen LogP contribution in [0.5, 0.6) is 0 Å². The van der Waals surface area contributed by atoms with E-state index >= 15 is 0 Å². The quantitative estimate of drug-likeness (QED) is 0.927. The minimum atomic E-state index is -4.45. The van der Waals surface area contributed by atoms with E-state index in [9.17, 15) is 22.8 Å². The Morgan fingerprint density at radius 1 is 1.48 bits per heavy atom. The fourth-order valence-corrected chi connectivity index (χ4v) is 2.87. The number of nitrogens with one attached hydrogen (secondary N) is 1. The van der Waals surface area contributed by atoms with Crippen molar-refractivity contribution in [2.45, 2.75) is 26.4 Å². The predicted molar refractivity (Wildman–Crippen MR) is 71.0 cm³/mol. The van der Waals surface area contributed by atoms with Crippen molar-refractivity contribution in [1.82, 2.24) is 9.88 Å². The first-order chi connectivity index (χ1) is 9.65. The molecule has 1 aliphatic rings. The Labute approximate surface area is 123 Å². The molecule has 116 valence electrons. The minimum Gasteiger partial charge on any atom is -0.333 e. The standard InChI is InChI=1S/C12H14F3N3O2S/c1-6-7(2)21-11(16-6)17-10(20)8-3-9(19)18(4-8)5-12(13,14)15/h8H,3-5H2,1-2H3,(H,16,17,20)/t8-/m0/s1. The summed E-state index contributed by atoms with van der Waals surface area (Å²) in [5.74, 6) is -1.90. The van der Waals surface area contributed by atoms with Crippen molar-refractivity contribution >= 4 is 28.3 Å². The molecule has 5 nitrogen and oxygen atoms in total. The third-order valence-electron chi connectivity index (χ3n) is 3.21. The molecule has 9 heteroatoms. The smallest absolute Gasteiger partial charge is 0.333 e.